The van der Waals surface area contributed by atoms with Crippen LogP contribution in [0.15, 0.2) is 22.8 Å². The summed E-state index contributed by atoms with van der Waals surface area (Å²) in [5.74, 6) is 0. The highest BCUT2D eigenvalue weighted by Crippen LogP contribution is 2.41. The molecule has 0 saturated heterocycles. The molecule has 0 fully saturated rings. The molecule has 17 heavy (non-hydrogen) atoms. The predicted molar refractivity (Wildman–Crippen MR) is 78.2 cm³/mol. The second-order valence-corrected chi connectivity index (χ2v) is 12.3. The van der Waals surface area contributed by atoms with Crippen molar-refractivity contribution in [1.82, 2.24) is 5.48 Å². The number of thioether (sulfide) groups is 1. The number of fused-ring (bicyclic) bond motifs is 2. The van der Waals surface area contributed by atoms with Gasteiger partial charge in [-0.05, 0) is 36.5 Å². The lowest BCUT2D eigenvalue weighted by molar-refractivity contribution is 0.211. The van der Waals surface area contributed by atoms with Crippen LogP contribution in [0.4, 0.5) is 0 Å². The molecule has 2 nitrogen and oxygen atoms in total. The number of hydrogen-bond acceptors (Lipinski definition) is 3. The second kappa shape index (κ2) is 4.48. The van der Waals surface area contributed by atoms with E-state index in [4.69, 9.17) is 4.53 Å². The summed E-state index contributed by atoms with van der Waals surface area (Å²) in [5, 5.41) is 2.14. The fourth-order valence-corrected chi connectivity index (χ4v) is 3.48. The summed E-state index contributed by atoms with van der Waals surface area (Å²) in [6.45, 7) is 11.3. The van der Waals surface area contributed by atoms with Crippen LogP contribution in [0.5, 0.6) is 0 Å². The Kier molecular flexibility index (Phi) is 3.49. The molecule has 2 aliphatic heterocycles. The Hall–Kier alpha value is -0.193. The Morgan fingerprint density at radius 2 is 2.12 bits per heavy atom. The van der Waals surface area contributed by atoms with Crippen LogP contribution < -0.4 is 5.48 Å². The minimum absolute atomic E-state index is 0.249. The third kappa shape index (κ3) is 2.80. The standard InChI is InChI=1S/C13H23NOSSi/c1-13(2,3)17(4,5)15-14-12-10-6-8-11(16-12)9-7-10/h6,8,11,14H,7,9H2,1-5H3. The van der Waals surface area contributed by atoms with Crippen molar-refractivity contribution in [2.24, 2.45) is 0 Å². The predicted octanol–water partition coefficient (Wildman–Crippen LogP) is 4.19. The first kappa shape index (κ1) is 13.2. The third-order valence-electron chi connectivity index (χ3n) is 3.98. The molecule has 0 aromatic rings. The first-order chi connectivity index (χ1) is 7.79. The zero-order valence-corrected chi connectivity index (χ0v) is 13.3. The summed E-state index contributed by atoms with van der Waals surface area (Å²) < 4.78 is 6.06. The van der Waals surface area contributed by atoms with Gasteiger partial charge in [-0.3, -0.25) is 5.48 Å². The van der Waals surface area contributed by atoms with Crippen molar-refractivity contribution in [3.63, 3.8) is 0 Å². The van der Waals surface area contributed by atoms with Crippen LogP contribution in [-0.2, 0) is 4.53 Å². The highest BCUT2D eigenvalue weighted by atomic mass is 32.2. The van der Waals surface area contributed by atoms with Gasteiger partial charge in [-0.15, -0.1) is 0 Å². The highest BCUT2D eigenvalue weighted by Gasteiger charge is 2.39. The molecular weight excluding hydrogens is 246 g/mol. The molecular formula is C13H23NOSSi. The molecule has 0 spiro atoms. The molecule has 2 heterocycles. The van der Waals surface area contributed by atoms with Crippen LogP contribution >= 0.6 is 11.8 Å². The molecule has 96 valence electrons. The van der Waals surface area contributed by atoms with Crippen LogP contribution in [0, 0.1) is 0 Å². The first-order valence-corrected chi connectivity index (χ1v) is 10.1. The van der Waals surface area contributed by atoms with Gasteiger partial charge in [-0.1, -0.05) is 44.7 Å². The van der Waals surface area contributed by atoms with Gasteiger partial charge in [-0.2, -0.15) is 0 Å². The summed E-state index contributed by atoms with van der Waals surface area (Å²) in [5.41, 5.74) is 4.67. The quantitative estimate of drug-likeness (QED) is 0.613. The van der Waals surface area contributed by atoms with E-state index in [1.807, 2.05) is 11.8 Å². The lowest BCUT2D eigenvalue weighted by Crippen LogP contribution is -2.45. The van der Waals surface area contributed by atoms with E-state index >= 15 is 0 Å². The van der Waals surface area contributed by atoms with E-state index < -0.39 is 8.32 Å². The molecule has 0 aromatic carbocycles. The molecule has 3 rings (SSSR count). The van der Waals surface area contributed by atoms with Gasteiger partial charge < -0.3 is 4.53 Å². The summed E-state index contributed by atoms with van der Waals surface area (Å²) in [7, 11) is -1.70. The molecule has 0 radical (unpaired) electrons. The molecule has 0 amide bonds. The van der Waals surface area contributed by atoms with E-state index in [0.717, 1.165) is 0 Å². The third-order valence-corrected chi connectivity index (χ3v) is 9.48. The monoisotopic (exact) mass is 269 g/mol. The van der Waals surface area contributed by atoms with Crippen LogP contribution in [0.3, 0.4) is 0 Å². The minimum Gasteiger partial charge on any atom is -0.321 e. The maximum atomic E-state index is 6.06. The molecule has 1 N–H and O–H groups in total. The Bertz CT molecular complexity index is 368. The van der Waals surface area contributed by atoms with Gasteiger partial charge in [0.25, 0.3) is 0 Å². The minimum atomic E-state index is -1.70. The Morgan fingerprint density at radius 1 is 1.41 bits per heavy atom. The first-order valence-electron chi connectivity index (χ1n) is 6.32. The Morgan fingerprint density at radius 3 is 2.53 bits per heavy atom. The van der Waals surface area contributed by atoms with Crippen molar-refractivity contribution in [3.05, 3.63) is 22.8 Å². The van der Waals surface area contributed by atoms with Crippen molar-refractivity contribution >= 4 is 20.1 Å². The maximum Gasteiger partial charge on any atom is 0.228 e. The fourth-order valence-electron chi connectivity index (χ4n) is 1.63. The molecule has 0 saturated carbocycles. The van der Waals surface area contributed by atoms with Crippen molar-refractivity contribution in [2.75, 3.05) is 0 Å². The van der Waals surface area contributed by atoms with E-state index in [9.17, 15) is 0 Å². The maximum absolute atomic E-state index is 6.06. The van der Waals surface area contributed by atoms with Gasteiger partial charge in [-0.25, -0.2) is 0 Å². The number of hydroxylamine groups is 1. The normalized spacial score (nSPS) is 24.4. The van der Waals surface area contributed by atoms with E-state index in [1.165, 1.54) is 23.4 Å². The zero-order valence-electron chi connectivity index (χ0n) is 11.5. The van der Waals surface area contributed by atoms with Crippen molar-refractivity contribution in [3.8, 4) is 0 Å². The Balaban J connectivity index is 2.00. The van der Waals surface area contributed by atoms with Crippen molar-refractivity contribution in [1.29, 1.82) is 0 Å². The van der Waals surface area contributed by atoms with Gasteiger partial charge in [0.05, 0.1) is 5.03 Å². The summed E-state index contributed by atoms with van der Waals surface area (Å²) >= 11 is 1.91. The smallest absolute Gasteiger partial charge is 0.228 e. The van der Waals surface area contributed by atoms with Gasteiger partial charge in [0.15, 0.2) is 0 Å². The molecule has 3 aliphatic rings. The highest BCUT2D eigenvalue weighted by molar-refractivity contribution is 8.03. The van der Waals surface area contributed by atoms with Crippen molar-refractivity contribution < 1.29 is 4.53 Å². The van der Waals surface area contributed by atoms with Gasteiger partial charge >= 0.3 is 0 Å². The summed E-state index contributed by atoms with van der Waals surface area (Å²) in [4.78, 5) is 0. The molecule has 0 aromatic heterocycles. The molecule has 1 unspecified atom stereocenters. The average molecular weight is 269 g/mol. The van der Waals surface area contributed by atoms with Crippen LogP contribution in [0.1, 0.15) is 33.6 Å². The number of hydrogen-bond donors (Lipinski definition) is 1. The average Bonchev–Trinajstić information content (AvgIpc) is 2.27. The lowest BCUT2D eigenvalue weighted by Gasteiger charge is -2.37. The topological polar surface area (TPSA) is 21.3 Å². The lowest BCUT2D eigenvalue weighted by atomic mass is 10.0. The van der Waals surface area contributed by atoms with Crippen molar-refractivity contribution in [2.45, 2.75) is 57.0 Å². The second-order valence-electron chi connectivity index (χ2n) is 6.37. The zero-order chi connectivity index (χ0) is 12.7. The summed E-state index contributed by atoms with van der Waals surface area (Å²) in [6, 6.07) is 0. The SMILES string of the molecule is CC(C)(C)[Si](C)(C)ONC1=C2C=CC(CC2)S1. The van der Waals surface area contributed by atoms with Gasteiger partial charge in [0, 0.05) is 5.25 Å². The summed E-state index contributed by atoms with van der Waals surface area (Å²) in [6.07, 6.45) is 7.03. The number of allylic oxidation sites excluding steroid dienone is 2. The van der Waals surface area contributed by atoms with Crippen LogP contribution in [0.25, 0.3) is 0 Å². The van der Waals surface area contributed by atoms with Gasteiger partial charge in [0.2, 0.25) is 8.32 Å². The number of nitrogens with one attached hydrogen (secondary N) is 1. The van der Waals surface area contributed by atoms with Crippen LogP contribution in [0.2, 0.25) is 18.1 Å². The van der Waals surface area contributed by atoms with Gasteiger partial charge in [0.1, 0.15) is 0 Å². The molecule has 1 aliphatic carbocycles. The van der Waals surface area contributed by atoms with Crippen LogP contribution in [-0.4, -0.2) is 13.6 Å². The largest absolute Gasteiger partial charge is 0.321 e. The van der Waals surface area contributed by atoms with E-state index in [-0.39, 0.29) is 5.04 Å². The molecule has 1 atom stereocenters. The van der Waals surface area contributed by atoms with E-state index in [2.05, 4.69) is 51.5 Å². The molecule has 4 heteroatoms. The van der Waals surface area contributed by atoms with E-state index in [0.29, 0.717) is 5.25 Å². The van der Waals surface area contributed by atoms with E-state index in [1.54, 1.807) is 0 Å². The fraction of sp³-hybridized carbons (Fsp3) is 0.692. The molecule has 2 bridgehead atoms. The Labute approximate surface area is 110 Å². The number of rotatable bonds is 3.